The summed E-state index contributed by atoms with van der Waals surface area (Å²) >= 11 is 0. The number of amides is 1. The molecule has 0 aliphatic rings. The Balaban J connectivity index is 2.11. The smallest absolute Gasteiger partial charge is 0.267 e. The van der Waals surface area contributed by atoms with Crippen molar-refractivity contribution in [3.05, 3.63) is 75.3 Å². The molecule has 1 N–H and O–H groups in total. The first kappa shape index (κ1) is 16.4. The van der Waals surface area contributed by atoms with Gasteiger partial charge in [0.15, 0.2) is 0 Å². The van der Waals surface area contributed by atoms with E-state index in [1.54, 1.807) is 0 Å². The summed E-state index contributed by atoms with van der Waals surface area (Å²) in [5, 5.41) is 14.8. The molecule has 0 aromatic heterocycles. The zero-order chi connectivity index (χ0) is 16.8. The molecule has 0 spiro atoms. The maximum Gasteiger partial charge on any atom is 0.271 e. The lowest BCUT2D eigenvalue weighted by Gasteiger charge is -2.06. The normalized spacial score (nSPS) is 11.1. The van der Waals surface area contributed by atoms with E-state index in [1.165, 1.54) is 24.3 Å². The Kier molecular flexibility index (Phi) is 5.19. The van der Waals surface area contributed by atoms with Gasteiger partial charge in [0.2, 0.25) is 0 Å². The minimum Gasteiger partial charge on any atom is -0.267 e. The predicted molar refractivity (Wildman–Crippen MR) is 88.6 cm³/mol. The summed E-state index contributed by atoms with van der Waals surface area (Å²) in [4.78, 5) is 22.1. The van der Waals surface area contributed by atoms with Gasteiger partial charge < -0.3 is 0 Å². The highest BCUT2D eigenvalue weighted by atomic mass is 16.6. The molecule has 6 heteroatoms. The Morgan fingerprint density at radius 3 is 2.17 bits per heavy atom. The fraction of sp³-hybridized carbons (Fsp3) is 0.176. The second-order valence-corrected chi connectivity index (χ2v) is 5.02. The van der Waals surface area contributed by atoms with Crippen LogP contribution < -0.4 is 5.43 Å². The number of nitro groups is 1. The number of nitrogens with one attached hydrogen (secondary N) is 1. The van der Waals surface area contributed by atoms with E-state index in [2.05, 4.69) is 10.5 Å². The van der Waals surface area contributed by atoms with Gasteiger partial charge in [-0.15, -0.1) is 0 Å². The van der Waals surface area contributed by atoms with E-state index in [-0.39, 0.29) is 5.69 Å². The molecule has 0 saturated heterocycles. The van der Waals surface area contributed by atoms with Crippen LogP contribution in [0.25, 0.3) is 0 Å². The molecule has 0 aliphatic heterocycles. The lowest BCUT2D eigenvalue weighted by Crippen LogP contribution is -2.20. The van der Waals surface area contributed by atoms with Crippen LogP contribution in [0.2, 0.25) is 0 Å². The van der Waals surface area contributed by atoms with E-state index in [0.29, 0.717) is 12.0 Å². The van der Waals surface area contributed by atoms with Crippen molar-refractivity contribution >= 4 is 17.3 Å². The molecule has 1 amide bonds. The third-order valence-corrected chi connectivity index (χ3v) is 3.35. The Morgan fingerprint density at radius 2 is 1.65 bits per heavy atom. The third kappa shape index (κ3) is 4.23. The van der Waals surface area contributed by atoms with Crippen LogP contribution in [0.4, 0.5) is 5.69 Å². The van der Waals surface area contributed by atoms with Gasteiger partial charge in [-0.25, -0.2) is 5.43 Å². The molecule has 0 fully saturated rings. The summed E-state index contributed by atoms with van der Waals surface area (Å²) in [6.45, 7) is 3.96. The summed E-state index contributed by atoms with van der Waals surface area (Å²) in [6.07, 6.45) is 0.670. The van der Waals surface area contributed by atoms with Gasteiger partial charge in [0.1, 0.15) is 0 Å². The summed E-state index contributed by atoms with van der Waals surface area (Å²) in [6, 6.07) is 13.3. The van der Waals surface area contributed by atoms with Crippen LogP contribution in [0.15, 0.2) is 53.6 Å². The van der Waals surface area contributed by atoms with Crippen LogP contribution in [-0.4, -0.2) is 16.5 Å². The van der Waals surface area contributed by atoms with Crippen molar-refractivity contribution in [2.75, 3.05) is 0 Å². The first-order chi connectivity index (χ1) is 11.0. The quantitative estimate of drug-likeness (QED) is 0.521. The maximum absolute atomic E-state index is 12.0. The van der Waals surface area contributed by atoms with Gasteiger partial charge in [-0.05, 0) is 31.0 Å². The number of benzene rings is 2. The summed E-state index contributed by atoms with van der Waals surface area (Å²) in [7, 11) is 0. The van der Waals surface area contributed by atoms with Crippen molar-refractivity contribution in [1.29, 1.82) is 0 Å². The summed E-state index contributed by atoms with van der Waals surface area (Å²) in [5.41, 5.74) is 5.62. The number of hydrogen-bond donors (Lipinski definition) is 1. The first-order valence-corrected chi connectivity index (χ1v) is 7.19. The number of rotatable bonds is 5. The van der Waals surface area contributed by atoms with Gasteiger partial charge >= 0.3 is 0 Å². The molecule has 0 atom stereocenters. The highest BCUT2D eigenvalue weighted by Gasteiger charge is 2.09. The zero-order valence-corrected chi connectivity index (χ0v) is 12.9. The number of hydrogen-bond acceptors (Lipinski definition) is 4. The lowest BCUT2D eigenvalue weighted by molar-refractivity contribution is -0.384. The second-order valence-electron chi connectivity index (χ2n) is 5.02. The number of aryl methyl sites for hydroxylation is 1. The minimum absolute atomic E-state index is 0.0565. The largest absolute Gasteiger partial charge is 0.271 e. The van der Waals surface area contributed by atoms with Crippen LogP contribution in [0.1, 0.15) is 34.8 Å². The fourth-order valence-electron chi connectivity index (χ4n) is 2.01. The SMILES string of the molecule is CC/C(=N/NC(=O)c1ccc([N+](=O)[O-])cc1)c1ccc(C)cc1. The molecular formula is C17H17N3O3. The molecule has 0 aliphatic carbocycles. The third-order valence-electron chi connectivity index (χ3n) is 3.35. The van der Waals surface area contributed by atoms with Crippen LogP contribution in [0, 0.1) is 17.0 Å². The molecule has 2 rings (SSSR count). The monoisotopic (exact) mass is 311 g/mol. The van der Waals surface area contributed by atoms with Crippen LogP contribution in [-0.2, 0) is 0 Å². The van der Waals surface area contributed by atoms with Gasteiger partial charge in [0, 0.05) is 17.7 Å². The summed E-state index contributed by atoms with van der Waals surface area (Å²) in [5.74, 6) is -0.405. The predicted octanol–water partition coefficient (Wildman–Crippen LogP) is 3.45. The van der Waals surface area contributed by atoms with E-state index >= 15 is 0 Å². The van der Waals surface area contributed by atoms with Gasteiger partial charge in [-0.3, -0.25) is 14.9 Å². The van der Waals surface area contributed by atoms with E-state index in [4.69, 9.17) is 0 Å². The molecule has 0 saturated carbocycles. The van der Waals surface area contributed by atoms with Gasteiger partial charge in [0.25, 0.3) is 11.6 Å². The molecular weight excluding hydrogens is 294 g/mol. The Labute approximate surface area is 134 Å². The zero-order valence-electron chi connectivity index (χ0n) is 12.9. The van der Waals surface area contributed by atoms with E-state index < -0.39 is 10.8 Å². The highest BCUT2D eigenvalue weighted by Crippen LogP contribution is 2.12. The van der Waals surface area contributed by atoms with Crippen molar-refractivity contribution in [2.24, 2.45) is 5.10 Å². The number of nitro benzene ring substituents is 1. The molecule has 23 heavy (non-hydrogen) atoms. The molecule has 2 aromatic carbocycles. The van der Waals surface area contributed by atoms with Gasteiger partial charge in [0.05, 0.1) is 10.6 Å². The van der Waals surface area contributed by atoms with Crippen molar-refractivity contribution < 1.29 is 9.72 Å². The van der Waals surface area contributed by atoms with E-state index in [9.17, 15) is 14.9 Å². The number of nitrogens with zero attached hydrogens (tertiary/aromatic N) is 2. The highest BCUT2D eigenvalue weighted by molar-refractivity contribution is 6.02. The van der Waals surface area contributed by atoms with Crippen molar-refractivity contribution in [3.8, 4) is 0 Å². The van der Waals surface area contributed by atoms with E-state index in [1.807, 2.05) is 38.1 Å². The van der Waals surface area contributed by atoms with Crippen LogP contribution >= 0.6 is 0 Å². The van der Waals surface area contributed by atoms with Crippen molar-refractivity contribution in [2.45, 2.75) is 20.3 Å². The van der Waals surface area contributed by atoms with Crippen molar-refractivity contribution in [3.63, 3.8) is 0 Å². The molecule has 0 heterocycles. The molecule has 0 radical (unpaired) electrons. The number of carbonyl (C=O) groups excluding carboxylic acids is 1. The van der Waals surface area contributed by atoms with Crippen molar-refractivity contribution in [1.82, 2.24) is 5.43 Å². The first-order valence-electron chi connectivity index (χ1n) is 7.19. The van der Waals surface area contributed by atoms with Crippen LogP contribution in [0.5, 0.6) is 0 Å². The van der Waals surface area contributed by atoms with E-state index in [0.717, 1.165) is 16.8 Å². The topological polar surface area (TPSA) is 84.6 Å². The maximum atomic E-state index is 12.0. The molecule has 118 valence electrons. The average Bonchev–Trinajstić information content (AvgIpc) is 2.56. The lowest BCUT2D eigenvalue weighted by atomic mass is 10.1. The molecule has 0 unspecified atom stereocenters. The Bertz CT molecular complexity index is 735. The second kappa shape index (κ2) is 7.31. The molecule has 2 aromatic rings. The minimum atomic E-state index is -0.508. The average molecular weight is 311 g/mol. The fourth-order valence-corrected chi connectivity index (χ4v) is 2.01. The molecule has 0 bridgehead atoms. The van der Waals surface area contributed by atoms with Crippen LogP contribution in [0.3, 0.4) is 0 Å². The standard InChI is InChI=1S/C17H17N3O3/c1-3-16(13-6-4-12(2)5-7-13)18-19-17(21)14-8-10-15(11-9-14)20(22)23/h4-11H,3H2,1-2H3,(H,19,21)/b18-16-. The molecule has 6 nitrogen and oxygen atoms in total. The Morgan fingerprint density at radius 1 is 1.09 bits per heavy atom. The van der Waals surface area contributed by atoms with Gasteiger partial charge in [-0.2, -0.15) is 5.10 Å². The number of non-ortho nitro benzene ring substituents is 1. The summed E-state index contributed by atoms with van der Waals surface area (Å²) < 4.78 is 0. The number of hydrazone groups is 1. The number of carbonyl (C=O) groups is 1. The Hall–Kier alpha value is -3.02. The van der Waals surface area contributed by atoms with Gasteiger partial charge in [-0.1, -0.05) is 36.8 Å².